The summed E-state index contributed by atoms with van der Waals surface area (Å²) in [6.45, 7) is 0. The minimum atomic E-state index is -0.0291. The molecule has 5 heteroatoms. The van der Waals surface area contributed by atoms with Crippen molar-refractivity contribution in [3.05, 3.63) is 22.8 Å². The first-order chi connectivity index (χ1) is 8.13. The van der Waals surface area contributed by atoms with Gasteiger partial charge >= 0.3 is 0 Å². The third kappa shape index (κ3) is 2.36. The van der Waals surface area contributed by atoms with Crippen molar-refractivity contribution in [2.45, 2.75) is 25.3 Å². The van der Waals surface area contributed by atoms with Crippen molar-refractivity contribution in [1.82, 2.24) is 9.88 Å². The number of rotatable bonds is 3. The minimum Gasteiger partial charge on any atom is -0.373 e. The van der Waals surface area contributed by atoms with E-state index in [9.17, 15) is 4.79 Å². The van der Waals surface area contributed by atoms with Gasteiger partial charge in [-0.2, -0.15) is 0 Å². The molecule has 1 fully saturated rings. The highest BCUT2D eigenvalue weighted by atomic mass is 35.5. The first kappa shape index (κ1) is 12.2. The third-order valence-corrected chi connectivity index (χ3v) is 3.59. The Labute approximate surface area is 106 Å². The summed E-state index contributed by atoms with van der Waals surface area (Å²) in [7, 11) is 3.60. The van der Waals surface area contributed by atoms with Crippen LogP contribution in [0.1, 0.15) is 29.6 Å². The minimum absolute atomic E-state index is 0.0291. The predicted octanol–water partition coefficient (Wildman–Crippen LogP) is 2.40. The topological polar surface area (TPSA) is 45.2 Å². The van der Waals surface area contributed by atoms with Crippen LogP contribution in [0.2, 0.25) is 5.02 Å². The van der Waals surface area contributed by atoms with E-state index >= 15 is 0 Å². The summed E-state index contributed by atoms with van der Waals surface area (Å²) in [6.07, 6.45) is 4.89. The van der Waals surface area contributed by atoms with Crippen LogP contribution < -0.4 is 5.32 Å². The number of carbonyl (C=O) groups excluding carboxylic acids is 1. The van der Waals surface area contributed by atoms with E-state index in [0.29, 0.717) is 22.4 Å². The van der Waals surface area contributed by atoms with Crippen molar-refractivity contribution < 1.29 is 4.79 Å². The van der Waals surface area contributed by atoms with Gasteiger partial charge in [-0.1, -0.05) is 11.6 Å². The zero-order chi connectivity index (χ0) is 12.4. The Bertz CT molecular complexity index is 432. The van der Waals surface area contributed by atoms with E-state index in [-0.39, 0.29) is 5.91 Å². The number of nitrogens with zero attached hydrogens (tertiary/aromatic N) is 2. The molecule has 17 heavy (non-hydrogen) atoms. The summed E-state index contributed by atoms with van der Waals surface area (Å²) in [5, 5.41) is 3.31. The van der Waals surface area contributed by atoms with Gasteiger partial charge in [0.05, 0.1) is 10.6 Å². The molecule has 2 rings (SSSR count). The predicted molar refractivity (Wildman–Crippen MR) is 68.5 cm³/mol. The number of hydrogen-bond acceptors (Lipinski definition) is 3. The molecule has 0 saturated heterocycles. The number of halogens is 1. The Balaban J connectivity index is 2.22. The molecule has 1 aromatic heterocycles. The molecule has 1 N–H and O–H groups in total. The zero-order valence-electron chi connectivity index (χ0n) is 10.0. The van der Waals surface area contributed by atoms with Crippen molar-refractivity contribution >= 4 is 23.3 Å². The van der Waals surface area contributed by atoms with Crippen LogP contribution in [0, 0.1) is 0 Å². The number of carbonyl (C=O) groups is 1. The second kappa shape index (κ2) is 4.92. The van der Waals surface area contributed by atoms with Crippen molar-refractivity contribution in [2.75, 3.05) is 19.4 Å². The maximum Gasteiger partial charge on any atom is 0.255 e. The van der Waals surface area contributed by atoms with Crippen LogP contribution in [0.4, 0.5) is 5.82 Å². The lowest BCUT2D eigenvalue weighted by atomic mass is 9.91. The average molecular weight is 254 g/mol. The van der Waals surface area contributed by atoms with Crippen LogP contribution >= 0.6 is 11.6 Å². The summed E-state index contributed by atoms with van der Waals surface area (Å²) < 4.78 is 0. The molecule has 0 atom stereocenters. The van der Waals surface area contributed by atoms with Gasteiger partial charge in [0.1, 0.15) is 5.82 Å². The number of hydrogen-bond donors (Lipinski definition) is 1. The van der Waals surface area contributed by atoms with Crippen molar-refractivity contribution in [2.24, 2.45) is 0 Å². The molecule has 1 heterocycles. The van der Waals surface area contributed by atoms with Crippen LogP contribution in [0.15, 0.2) is 12.3 Å². The SMILES string of the molecule is CNc1cc(C(=O)N(C)C2CCC2)c(Cl)cn1. The molecule has 0 aromatic carbocycles. The van der Waals surface area contributed by atoms with E-state index in [4.69, 9.17) is 11.6 Å². The molecule has 0 bridgehead atoms. The van der Waals surface area contributed by atoms with Crippen LogP contribution in [0.5, 0.6) is 0 Å². The fraction of sp³-hybridized carbons (Fsp3) is 0.500. The Hall–Kier alpha value is -1.29. The summed E-state index contributed by atoms with van der Waals surface area (Å²) in [4.78, 5) is 18.1. The van der Waals surface area contributed by atoms with E-state index < -0.39 is 0 Å². The molecule has 1 saturated carbocycles. The smallest absolute Gasteiger partial charge is 0.255 e. The number of nitrogens with one attached hydrogen (secondary N) is 1. The van der Waals surface area contributed by atoms with Gasteiger partial charge in [-0.05, 0) is 25.3 Å². The van der Waals surface area contributed by atoms with Crippen molar-refractivity contribution in [1.29, 1.82) is 0 Å². The average Bonchev–Trinajstić information content (AvgIpc) is 2.26. The molecule has 1 aromatic rings. The lowest BCUT2D eigenvalue weighted by molar-refractivity contribution is 0.0652. The number of aromatic nitrogens is 1. The van der Waals surface area contributed by atoms with E-state index in [1.54, 1.807) is 18.0 Å². The van der Waals surface area contributed by atoms with Crippen LogP contribution in [0.25, 0.3) is 0 Å². The molecule has 92 valence electrons. The summed E-state index contributed by atoms with van der Waals surface area (Å²) in [6, 6.07) is 2.06. The van der Waals surface area contributed by atoms with Gasteiger partial charge in [-0.15, -0.1) is 0 Å². The quantitative estimate of drug-likeness (QED) is 0.900. The zero-order valence-corrected chi connectivity index (χ0v) is 10.8. The largest absolute Gasteiger partial charge is 0.373 e. The molecule has 1 amide bonds. The molecule has 1 aliphatic carbocycles. The number of amides is 1. The molecule has 0 unspecified atom stereocenters. The van der Waals surface area contributed by atoms with Crippen molar-refractivity contribution in [3.8, 4) is 0 Å². The Morgan fingerprint density at radius 2 is 2.29 bits per heavy atom. The molecule has 0 spiro atoms. The van der Waals surface area contributed by atoms with Crippen LogP contribution in [-0.4, -0.2) is 35.9 Å². The number of anilines is 1. The van der Waals surface area contributed by atoms with Gasteiger partial charge in [0.25, 0.3) is 5.91 Å². The highest BCUT2D eigenvalue weighted by Crippen LogP contribution is 2.27. The lowest BCUT2D eigenvalue weighted by Gasteiger charge is -2.34. The Morgan fingerprint density at radius 3 is 2.82 bits per heavy atom. The van der Waals surface area contributed by atoms with Crippen molar-refractivity contribution in [3.63, 3.8) is 0 Å². The van der Waals surface area contributed by atoms with Gasteiger partial charge in [-0.3, -0.25) is 4.79 Å². The van der Waals surface area contributed by atoms with E-state index in [2.05, 4.69) is 10.3 Å². The first-order valence-electron chi connectivity index (χ1n) is 5.74. The second-order valence-corrected chi connectivity index (χ2v) is 4.71. The highest BCUT2D eigenvalue weighted by Gasteiger charge is 2.27. The van der Waals surface area contributed by atoms with E-state index in [1.807, 2.05) is 7.05 Å². The fourth-order valence-corrected chi connectivity index (χ4v) is 2.05. The normalized spacial score (nSPS) is 15.2. The Kier molecular flexibility index (Phi) is 3.52. The van der Waals surface area contributed by atoms with E-state index in [0.717, 1.165) is 12.8 Å². The lowest BCUT2D eigenvalue weighted by Crippen LogP contribution is -2.41. The fourth-order valence-electron chi connectivity index (χ4n) is 1.87. The third-order valence-electron chi connectivity index (χ3n) is 3.28. The van der Waals surface area contributed by atoms with Gasteiger partial charge in [0.2, 0.25) is 0 Å². The molecular formula is C12H16ClN3O. The number of pyridine rings is 1. The molecule has 0 radical (unpaired) electrons. The summed E-state index contributed by atoms with van der Waals surface area (Å²) in [5.41, 5.74) is 0.514. The summed E-state index contributed by atoms with van der Waals surface area (Å²) in [5.74, 6) is 0.623. The molecule has 1 aliphatic rings. The van der Waals surface area contributed by atoms with Gasteiger partial charge in [-0.25, -0.2) is 4.98 Å². The highest BCUT2D eigenvalue weighted by molar-refractivity contribution is 6.33. The van der Waals surface area contributed by atoms with Gasteiger partial charge in [0.15, 0.2) is 0 Å². The van der Waals surface area contributed by atoms with Gasteiger partial charge < -0.3 is 10.2 Å². The Morgan fingerprint density at radius 1 is 1.59 bits per heavy atom. The van der Waals surface area contributed by atoms with Crippen LogP contribution in [0.3, 0.4) is 0 Å². The van der Waals surface area contributed by atoms with E-state index in [1.165, 1.54) is 12.6 Å². The molecule has 4 nitrogen and oxygen atoms in total. The first-order valence-corrected chi connectivity index (χ1v) is 6.11. The maximum atomic E-state index is 12.3. The van der Waals surface area contributed by atoms with Gasteiger partial charge in [0, 0.05) is 26.3 Å². The standard InChI is InChI=1S/C12H16ClN3O/c1-14-11-6-9(10(13)7-15-11)12(17)16(2)8-4-3-5-8/h6-8H,3-5H2,1-2H3,(H,14,15). The monoisotopic (exact) mass is 253 g/mol. The van der Waals surface area contributed by atoms with Crippen LogP contribution in [-0.2, 0) is 0 Å². The molecular weight excluding hydrogens is 238 g/mol. The molecule has 0 aliphatic heterocycles. The maximum absolute atomic E-state index is 12.3. The second-order valence-electron chi connectivity index (χ2n) is 4.30. The summed E-state index contributed by atoms with van der Waals surface area (Å²) >= 11 is 6.02.